The lowest BCUT2D eigenvalue weighted by molar-refractivity contribution is 0.0499. The molecule has 144 valence electrons. The first kappa shape index (κ1) is 19.4. The van der Waals surface area contributed by atoms with E-state index in [4.69, 9.17) is 9.15 Å². The summed E-state index contributed by atoms with van der Waals surface area (Å²) in [6, 6.07) is 18.0. The van der Waals surface area contributed by atoms with Crippen LogP contribution < -0.4 is 5.32 Å². The third-order valence-corrected chi connectivity index (χ3v) is 4.33. The van der Waals surface area contributed by atoms with Crippen LogP contribution in [0.25, 0.3) is 11.3 Å². The second kappa shape index (κ2) is 9.04. The number of anilines is 1. The third-order valence-electron chi connectivity index (χ3n) is 4.33. The van der Waals surface area contributed by atoms with Gasteiger partial charge in [-0.25, -0.2) is 4.79 Å². The van der Waals surface area contributed by atoms with Gasteiger partial charge in [-0.1, -0.05) is 43.7 Å². The summed E-state index contributed by atoms with van der Waals surface area (Å²) >= 11 is 0. The highest BCUT2D eigenvalue weighted by atomic mass is 16.5. The predicted octanol–water partition coefficient (Wildman–Crippen LogP) is 5.46. The van der Waals surface area contributed by atoms with Crippen molar-refractivity contribution in [3.8, 4) is 11.3 Å². The SMILES string of the molecule is CCCCOC(=O)c1ccc(NC(=O)c2cc(-c3ccccc3)oc2C)cc1. The number of carbonyl (C=O) groups excluding carboxylic acids is 2. The molecule has 1 amide bonds. The number of aryl methyl sites for hydroxylation is 1. The van der Waals surface area contributed by atoms with E-state index in [1.165, 1.54) is 0 Å². The Kier molecular flexibility index (Phi) is 6.27. The molecule has 0 aliphatic heterocycles. The van der Waals surface area contributed by atoms with E-state index in [-0.39, 0.29) is 11.9 Å². The van der Waals surface area contributed by atoms with Crippen LogP contribution >= 0.6 is 0 Å². The average molecular weight is 377 g/mol. The van der Waals surface area contributed by atoms with E-state index in [1.54, 1.807) is 37.3 Å². The Hall–Kier alpha value is -3.34. The number of carbonyl (C=O) groups is 2. The van der Waals surface area contributed by atoms with Gasteiger partial charge >= 0.3 is 5.97 Å². The Morgan fingerprint density at radius 3 is 2.43 bits per heavy atom. The molecule has 1 aromatic heterocycles. The van der Waals surface area contributed by atoms with Crippen molar-refractivity contribution in [3.05, 3.63) is 77.6 Å². The van der Waals surface area contributed by atoms with E-state index in [9.17, 15) is 9.59 Å². The summed E-state index contributed by atoms with van der Waals surface area (Å²) in [5, 5.41) is 2.83. The number of rotatable bonds is 7. The van der Waals surface area contributed by atoms with Gasteiger partial charge in [0.05, 0.1) is 17.7 Å². The van der Waals surface area contributed by atoms with Crippen LogP contribution in [0.5, 0.6) is 0 Å². The maximum absolute atomic E-state index is 12.6. The highest BCUT2D eigenvalue weighted by Gasteiger charge is 2.16. The molecule has 0 saturated carbocycles. The molecular formula is C23H23NO4. The maximum Gasteiger partial charge on any atom is 0.338 e. The fourth-order valence-electron chi connectivity index (χ4n) is 2.73. The number of hydrogen-bond acceptors (Lipinski definition) is 4. The third kappa shape index (κ3) is 4.68. The molecule has 2 aromatic carbocycles. The van der Waals surface area contributed by atoms with Gasteiger partial charge in [-0.15, -0.1) is 0 Å². The minimum Gasteiger partial charge on any atom is -0.462 e. The maximum atomic E-state index is 12.6. The van der Waals surface area contributed by atoms with Crippen LogP contribution in [0, 0.1) is 6.92 Å². The molecule has 0 atom stereocenters. The molecule has 0 radical (unpaired) electrons. The van der Waals surface area contributed by atoms with Crippen LogP contribution in [-0.2, 0) is 4.74 Å². The Morgan fingerprint density at radius 1 is 1.04 bits per heavy atom. The number of benzene rings is 2. The van der Waals surface area contributed by atoms with Crippen LogP contribution in [0.15, 0.2) is 65.1 Å². The summed E-state index contributed by atoms with van der Waals surface area (Å²) in [6.07, 6.45) is 1.81. The quantitative estimate of drug-likeness (QED) is 0.438. The summed E-state index contributed by atoms with van der Waals surface area (Å²) in [6.45, 7) is 4.21. The number of unbranched alkanes of at least 4 members (excludes halogenated alkanes) is 1. The van der Waals surface area contributed by atoms with E-state index in [0.29, 0.717) is 34.9 Å². The molecule has 3 aromatic rings. The number of nitrogens with one attached hydrogen (secondary N) is 1. The van der Waals surface area contributed by atoms with E-state index >= 15 is 0 Å². The molecule has 1 heterocycles. The molecular weight excluding hydrogens is 354 g/mol. The number of esters is 1. The first-order valence-corrected chi connectivity index (χ1v) is 9.33. The second-order valence-electron chi connectivity index (χ2n) is 6.47. The first-order valence-electron chi connectivity index (χ1n) is 9.33. The Bertz CT molecular complexity index is 942. The second-order valence-corrected chi connectivity index (χ2v) is 6.47. The van der Waals surface area contributed by atoms with Crippen LogP contribution in [0.4, 0.5) is 5.69 Å². The van der Waals surface area contributed by atoms with E-state index in [1.807, 2.05) is 37.3 Å². The van der Waals surface area contributed by atoms with Gasteiger partial charge in [-0.2, -0.15) is 0 Å². The minimum atomic E-state index is -0.357. The molecule has 0 saturated heterocycles. The van der Waals surface area contributed by atoms with E-state index in [2.05, 4.69) is 5.32 Å². The van der Waals surface area contributed by atoms with Crippen molar-refractivity contribution in [3.63, 3.8) is 0 Å². The van der Waals surface area contributed by atoms with E-state index in [0.717, 1.165) is 18.4 Å². The molecule has 5 nitrogen and oxygen atoms in total. The van der Waals surface area contributed by atoms with Gasteiger partial charge < -0.3 is 14.5 Å². The molecule has 3 rings (SSSR count). The topological polar surface area (TPSA) is 68.5 Å². The fourth-order valence-corrected chi connectivity index (χ4v) is 2.73. The summed E-state index contributed by atoms with van der Waals surface area (Å²) in [4.78, 5) is 24.5. The predicted molar refractivity (Wildman–Crippen MR) is 108 cm³/mol. The zero-order chi connectivity index (χ0) is 19.9. The minimum absolute atomic E-state index is 0.262. The zero-order valence-corrected chi connectivity index (χ0v) is 16.0. The van der Waals surface area contributed by atoms with Gasteiger partial charge in [0.1, 0.15) is 11.5 Å². The van der Waals surface area contributed by atoms with Gasteiger partial charge in [-0.05, 0) is 43.7 Å². The molecule has 5 heteroatoms. The molecule has 28 heavy (non-hydrogen) atoms. The van der Waals surface area contributed by atoms with Crippen LogP contribution in [0.2, 0.25) is 0 Å². The molecule has 1 N–H and O–H groups in total. The molecule has 0 aliphatic rings. The Morgan fingerprint density at radius 2 is 1.75 bits per heavy atom. The molecule has 0 fully saturated rings. The highest BCUT2D eigenvalue weighted by Crippen LogP contribution is 2.26. The van der Waals surface area contributed by atoms with Gasteiger partial charge in [0.15, 0.2) is 0 Å². The Balaban J connectivity index is 1.66. The van der Waals surface area contributed by atoms with Gasteiger partial charge in [0.25, 0.3) is 5.91 Å². The van der Waals surface area contributed by atoms with Crippen molar-refractivity contribution in [1.82, 2.24) is 0 Å². The molecule has 0 bridgehead atoms. The van der Waals surface area contributed by atoms with Gasteiger partial charge in [0.2, 0.25) is 0 Å². The van der Waals surface area contributed by atoms with Crippen LogP contribution in [0.3, 0.4) is 0 Å². The van der Waals surface area contributed by atoms with Crippen molar-refractivity contribution in [1.29, 1.82) is 0 Å². The normalized spacial score (nSPS) is 10.5. The van der Waals surface area contributed by atoms with Crippen LogP contribution in [0.1, 0.15) is 46.2 Å². The fraction of sp³-hybridized carbons (Fsp3) is 0.217. The average Bonchev–Trinajstić information content (AvgIpc) is 3.11. The van der Waals surface area contributed by atoms with Gasteiger partial charge in [-0.3, -0.25) is 4.79 Å². The summed E-state index contributed by atoms with van der Waals surface area (Å²) < 4.78 is 10.9. The number of amides is 1. The Labute approximate surface area is 164 Å². The first-order chi connectivity index (χ1) is 13.6. The van der Waals surface area contributed by atoms with Crippen LogP contribution in [-0.4, -0.2) is 18.5 Å². The molecule has 0 aliphatic carbocycles. The summed E-state index contributed by atoms with van der Waals surface area (Å²) in [5.41, 5.74) is 2.44. The monoisotopic (exact) mass is 377 g/mol. The number of ether oxygens (including phenoxy) is 1. The largest absolute Gasteiger partial charge is 0.462 e. The van der Waals surface area contributed by atoms with Crippen molar-refractivity contribution < 1.29 is 18.7 Å². The number of hydrogen-bond donors (Lipinski definition) is 1. The number of furan rings is 1. The standard InChI is InChI=1S/C23H23NO4/c1-3-4-14-27-23(26)18-10-12-19(13-11-18)24-22(25)20-15-21(28-16(20)2)17-8-6-5-7-9-17/h5-13,15H,3-4,14H2,1-2H3,(H,24,25). The lowest BCUT2D eigenvalue weighted by atomic mass is 10.1. The van der Waals surface area contributed by atoms with Gasteiger partial charge in [0, 0.05) is 11.3 Å². The van der Waals surface area contributed by atoms with Crippen molar-refractivity contribution in [2.75, 3.05) is 11.9 Å². The summed E-state index contributed by atoms with van der Waals surface area (Å²) in [5.74, 6) is 0.576. The lowest BCUT2D eigenvalue weighted by Gasteiger charge is -2.06. The highest BCUT2D eigenvalue weighted by molar-refractivity contribution is 6.05. The summed E-state index contributed by atoms with van der Waals surface area (Å²) in [7, 11) is 0. The van der Waals surface area contributed by atoms with Crippen molar-refractivity contribution in [2.45, 2.75) is 26.7 Å². The molecule has 0 spiro atoms. The molecule has 0 unspecified atom stereocenters. The van der Waals surface area contributed by atoms with Crippen molar-refractivity contribution in [2.24, 2.45) is 0 Å². The zero-order valence-electron chi connectivity index (χ0n) is 16.0. The lowest BCUT2D eigenvalue weighted by Crippen LogP contribution is -2.12. The smallest absolute Gasteiger partial charge is 0.338 e. The van der Waals surface area contributed by atoms with E-state index < -0.39 is 0 Å². The van der Waals surface area contributed by atoms with Crippen molar-refractivity contribution >= 4 is 17.6 Å².